The molecule has 1 atom stereocenters. The second kappa shape index (κ2) is 8.87. The van der Waals surface area contributed by atoms with Gasteiger partial charge in [0.25, 0.3) is 5.91 Å². The maximum absolute atomic E-state index is 13.1. The summed E-state index contributed by atoms with van der Waals surface area (Å²) in [6.45, 7) is 0.969. The van der Waals surface area contributed by atoms with Gasteiger partial charge in [0.2, 0.25) is 0 Å². The van der Waals surface area contributed by atoms with E-state index in [-0.39, 0.29) is 23.6 Å². The molecule has 1 N–H and O–H groups in total. The summed E-state index contributed by atoms with van der Waals surface area (Å²) in [5, 5.41) is 2.69. The Hall–Kier alpha value is -2.31. The third kappa shape index (κ3) is 5.09. The van der Waals surface area contributed by atoms with Gasteiger partial charge >= 0.3 is 0 Å². The molecular weight excluding hydrogens is 361 g/mol. The van der Waals surface area contributed by atoms with Crippen molar-refractivity contribution in [2.75, 3.05) is 25.1 Å². The van der Waals surface area contributed by atoms with Gasteiger partial charge in [0, 0.05) is 12.7 Å². The van der Waals surface area contributed by atoms with E-state index in [0.717, 1.165) is 19.4 Å². The number of amides is 1. The van der Waals surface area contributed by atoms with Crippen LogP contribution in [0, 0.1) is 5.82 Å². The van der Waals surface area contributed by atoms with Crippen LogP contribution in [-0.4, -0.2) is 31.8 Å². The Morgan fingerprint density at radius 2 is 2.12 bits per heavy atom. The van der Waals surface area contributed by atoms with Gasteiger partial charge in [-0.3, -0.25) is 4.79 Å². The van der Waals surface area contributed by atoms with E-state index in [0.29, 0.717) is 23.8 Å². The van der Waals surface area contributed by atoms with E-state index < -0.39 is 5.82 Å². The van der Waals surface area contributed by atoms with E-state index in [1.165, 1.54) is 18.2 Å². The van der Waals surface area contributed by atoms with Gasteiger partial charge in [-0.15, -0.1) is 0 Å². The number of para-hydroxylation sites is 2. The molecule has 1 amide bonds. The largest absolute Gasteiger partial charge is 0.489 e. The summed E-state index contributed by atoms with van der Waals surface area (Å²) in [5.41, 5.74) is 0.552. The monoisotopic (exact) mass is 379 g/mol. The topological polar surface area (TPSA) is 56.8 Å². The molecule has 3 rings (SSSR count). The van der Waals surface area contributed by atoms with Crippen molar-refractivity contribution >= 4 is 23.2 Å². The van der Waals surface area contributed by atoms with Crippen LogP contribution < -0.4 is 14.8 Å². The van der Waals surface area contributed by atoms with E-state index in [9.17, 15) is 9.18 Å². The Bertz CT molecular complexity index is 765. The molecule has 5 nitrogen and oxygen atoms in total. The number of hydrogen-bond donors (Lipinski definition) is 1. The van der Waals surface area contributed by atoms with E-state index in [2.05, 4.69) is 5.32 Å². The van der Waals surface area contributed by atoms with Crippen LogP contribution in [0.25, 0.3) is 0 Å². The Balaban J connectivity index is 1.54. The first-order valence-corrected chi connectivity index (χ1v) is 8.71. The van der Waals surface area contributed by atoms with Crippen LogP contribution in [0.4, 0.5) is 10.1 Å². The molecule has 1 unspecified atom stereocenters. The second-order valence-electron chi connectivity index (χ2n) is 5.85. The maximum Gasteiger partial charge on any atom is 0.262 e. The molecule has 1 fully saturated rings. The quantitative estimate of drug-likeness (QED) is 0.788. The molecule has 0 aromatic heterocycles. The zero-order chi connectivity index (χ0) is 18.4. The summed E-state index contributed by atoms with van der Waals surface area (Å²) in [6.07, 6.45) is 2.10. The Kier molecular flexibility index (Phi) is 6.30. The average molecular weight is 380 g/mol. The lowest BCUT2D eigenvalue weighted by Gasteiger charge is -2.15. The molecule has 2 aromatic rings. The van der Waals surface area contributed by atoms with E-state index in [1.807, 2.05) is 6.07 Å². The minimum Gasteiger partial charge on any atom is -0.489 e. The summed E-state index contributed by atoms with van der Waals surface area (Å²) in [7, 11) is 0. The molecule has 1 aliphatic heterocycles. The maximum atomic E-state index is 13.1. The molecule has 0 aliphatic carbocycles. The third-order valence-electron chi connectivity index (χ3n) is 3.87. The van der Waals surface area contributed by atoms with Gasteiger partial charge in [0.15, 0.2) is 6.61 Å². The van der Waals surface area contributed by atoms with Gasteiger partial charge in [-0.25, -0.2) is 4.39 Å². The molecule has 7 heteroatoms. The van der Waals surface area contributed by atoms with Crippen LogP contribution in [0.2, 0.25) is 5.02 Å². The SMILES string of the molecule is O=C(COc1ccc(F)c(Cl)c1)Nc1ccccc1OCC1CCCO1. The highest BCUT2D eigenvalue weighted by Crippen LogP contribution is 2.25. The number of ether oxygens (including phenoxy) is 3. The number of rotatable bonds is 7. The number of carbonyl (C=O) groups excluding carboxylic acids is 1. The molecule has 1 aliphatic rings. The fraction of sp³-hybridized carbons (Fsp3) is 0.316. The van der Waals surface area contributed by atoms with Crippen molar-refractivity contribution < 1.29 is 23.4 Å². The number of anilines is 1. The fourth-order valence-electron chi connectivity index (χ4n) is 2.56. The highest BCUT2D eigenvalue weighted by molar-refractivity contribution is 6.30. The van der Waals surface area contributed by atoms with E-state index in [4.69, 9.17) is 25.8 Å². The standard InChI is InChI=1S/C19H19ClFNO4/c20-15-10-13(7-8-16(15)21)25-12-19(23)22-17-5-1-2-6-18(17)26-11-14-4-3-9-24-14/h1-2,5-8,10,14H,3-4,9,11-12H2,(H,22,23). The Morgan fingerprint density at radius 3 is 2.88 bits per heavy atom. The molecule has 0 saturated carbocycles. The predicted octanol–water partition coefficient (Wildman–Crippen LogP) is 4.05. The van der Waals surface area contributed by atoms with Crippen LogP contribution in [0.15, 0.2) is 42.5 Å². The highest BCUT2D eigenvalue weighted by Gasteiger charge is 2.17. The lowest BCUT2D eigenvalue weighted by molar-refractivity contribution is -0.118. The zero-order valence-electron chi connectivity index (χ0n) is 14.0. The van der Waals surface area contributed by atoms with Crippen LogP contribution in [0.5, 0.6) is 11.5 Å². The number of carbonyl (C=O) groups is 1. The molecule has 26 heavy (non-hydrogen) atoms. The van der Waals surface area contributed by atoms with Crippen molar-refractivity contribution in [3.8, 4) is 11.5 Å². The van der Waals surface area contributed by atoms with Crippen molar-refractivity contribution in [1.82, 2.24) is 0 Å². The number of benzene rings is 2. The minimum atomic E-state index is -0.541. The van der Waals surface area contributed by atoms with Crippen molar-refractivity contribution in [3.63, 3.8) is 0 Å². The third-order valence-corrected chi connectivity index (χ3v) is 4.16. The smallest absolute Gasteiger partial charge is 0.262 e. The minimum absolute atomic E-state index is 0.0595. The molecule has 138 valence electrons. The highest BCUT2D eigenvalue weighted by atomic mass is 35.5. The fourth-order valence-corrected chi connectivity index (χ4v) is 2.73. The molecule has 1 saturated heterocycles. The molecule has 2 aromatic carbocycles. The zero-order valence-corrected chi connectivity index (χ0v) is 14.8. The summed E-state index contributed by atoms with van der Waals surface area (Å²) < 4.78 is 29.8. The van der Waals surface area contributed by atoms with E-state index >= 15 is 0 Å². The van der Waals surface area contributed by atoms with Gasteiger partial charge < -0.3 is 19.5 Å². The molecule has 0 radical (unpaired) electrons. The summed E-state index contributed by atoms with van der Waals surface area (Å²) in [4.78, 5) is 12.1. The average Bonchev–Trinajstić information content (AvgIpc) is 3.15. The Labute approximate surface area is 156 Å². The van der Waals surface area contributed by atoms with Crippen LogP contribution >= 0.6 is 11.6 Å². The second-order valence-corrected chi connectivity index (χ2v) is 6.26. The van der Waals surface area contributed by atoms with Crippen LogP contribution in [0.1, 0.15) is 12.8 Å². The molecule has 1 heterocycles. The number of halogens is 2. The van der Waals surface area contributed by atoms with E-state index in [1.54, 1.807) is 18.2 Å². The Morgan fingerprint density at radius 1 is 1.27 bits per heavy atom. The first kappa shape index (κ1) is 18.5. The van der Waals surface area contributed by atoms with Crippen molar-refractivity contribution in [3.05, 3.63) is 53.3 Å². The van der Waals surface area contributed by atoms with Gasteiger partial charge in [-0.05, 0) is 37.1 Å². The lowest BCUT2D eigenvalue weighted by atomic mass is 10.2. The molecule has 0 spiro atoms. The van der Waals surface area contributed by atoms with Gasteiger partial charge in [0.1, 0.15) is 23.9 Å². The summed E-state index contributed by atoms with van der Waals surface area (Å²) in [5.74, 6) is -0.0185. The molecular formula is C19H19ClFNO4. The molecule has 0 bridgehead atoms. The number of hydrogen-bond acceptors (Lipinski definition) is 4. The lowest BCUT2D eigenvalue weighted by Crippen LogP contribution is -2.21. The van der Waals surface area contributed by atoms with Gasteiger partial charge in [-0.2, -0.15) is 0 Å². The van der Waals surface area contributed by atoms with Crippen molar-refractivity contribution in [2.24, 2.45) is 0 Å². The normalized spacial score (nSPS) is 16.3. The summed E-state index contributed by atoms with van der Waals surface area (Å²) in [6, 6.07) is 11.1. The first-order chi connectivity index (χ1) is 12.6. The number of nitrogens with one attached hydrogen (secondary N) is 1. The van der Waals surface area contributed by atoms with Crippen LogP contribution in [-0.2, 0) is 9.53 Å². The van der Waals surface area contributed by atoms with Crippen LogP contribution in [0.3, 0.4) is 0 Å². The summed E-state index contributed by atoms with van der Waals surface area (Å²) >= 11 is 5.69. The van der Waals surface area contributed by atoms with Crippen molar-refractivity contribution in [2.45, 2.75) is 18.9 Å². The van der Waals surface area contributed by atoms with Gasteiger partial charge in [0.05, 0.1) is 16.8 Å². The van der Waals surface area contributed by atoms with Crippen molar-refractivity contribution in [1.29, 1.82) is 0 Å². The predicted molar refractivity (Wildman–Crippen MR) is 96.4 cm³/mol. The first-order valence-electron chi connectivity index (χ1n) is 8.33. The van der Waals surface area contributed by atoms with Gasteiger partial charge in [-0.1, -0.05) is 23.7 Å².